The van der Waals surface area contributed by atoms with Gasteiger partial charge in [0.05, 0.1) is 18.5 Å². The van der Waals surface area contributed by atoms with E-state index in [1.165, 1.54) is 0 Å². The maximum Gasteiger partial charge on any atom is 0.216 e. The van der Waals surface area contributed by atoms with Gasteiger partial charge in [0.25, 0.3) is 0 Å². The summed E-state index contributed by atoms with van der Waals surface area (Å²) in [6.45, 7) is 7.92. The normalized spacial score (nSPS) is 22.5. The molecule has 0 aromatic carbocycles. The molecule has 7 heteroatoms. The van der Waals surface area contributed by atoms with E-state index in [2.05, 4.69) is 5.32 Å². The number of nitrogens with one attached hydrogen (secondary N) is 1. The van der Waals surface area contributed by atoms with Crippen LogP contribution in [0.1, 0.15) is 20.8 Å². The van der Waals surface area contributed by atoms with Crippen LogP contribution < -0.4 is 5.32 Å². The summed E-state index contributed by atoms with van der Waals surface area (Å²) in [7, 11) is -3.14. The first-order valence-electron chi connectivity index (χ1n) is 5.74. The quantitative estimate of drug-likeness (QED) is 0.798. The van der Waals surface area contributed by atoms with E-state index in [1.807, 2.05) is 20.8 Å². The van der Waals surface area contributed by atoms with Crippen molar-refractivity contribution in [3.8, 4) is 0 Å². The van der Waals surface area contributed by atoms with Crippen molar-refractivity contribution in [2.24, 2.45) is 0 Å². The monoisotopic (exact) mass is 286 g/mol. The second-order valence-corrected chi connectivity index (χ2v) is 6.54. The van der Waals surface area contributed by atoms with E-state index in [-0.39, 0.29) is 36.9 Å². The Kier molecular flexibility index (Phi) is 7.58. The third-order valence-electron chi connectivity index (χ3n) is 2.52. The first-order valence-corrected chi connectivity index (χ1v) is 7.35. The van der Waals surface area contributed by atoms with E-state index < -0.39 is 10.0 Å². The molecule has 0 aliphatic carbocycles. The lowest BCUT2D eigenvalue weighted by atomic mass is 10.3. The molecule has 1 N–H and O–H groups in total. The van der Waals surface area contributed by atoms with Gasteiger partial charge in [-0.25, -0.2) is 8.42 Å². The summed E-state index contributed by atoms with van der Waals surface area (Å²) in [5, 5.41) is 3.22. The fraction of sp³-hybridized carbons (Fsp3) is 1.00. The number of halogens is 1. The summed E-state index contributed by atoms with van der Waals surface area (Å²) >= 11 is 0. The van der Waals surface area contributed by atoms with Crippen LogP contribution in [0, 0.1) is 0 Å². The zero-order chi connectivity index (χ0) is 12.2. The van der Waals surface area contributed by atoms with Crippen LogP contribution in [-0.4, -0.2) is 56.9 Å². The molecule has 0 amide bonds. The van der Waals surface area contributed by atoms with Crippen LogP contribution in [-0.2, 0) is 14.8 Å². The Balaban J connectivity index is 0.00000256. The van der Waals surface area contributed by atoms with Crippen molar-refractivity contribution in [2.75, 3.05) is 32.0 Å². The number of rotatable bonds is 5. The second kappa shape index (κ2) is 7.53. The lowest BCUT2D eigenvalue weighted by Gasteiger charge is -2.31. The minimum absolute atomic E-state index is 0. The highest BCUT2D eigenvalue weighted by Crippen LogP contribution is 2.06. The summed E-state index contributed by atoms with van der Waals surface area (Å²) in [5.74, 6) is 0.0813. The van der Waals surface area contributed by atoms with Gasteiger partial charge in [-0.2, -0.15) is 4.31 Å². The standard InChI is InChI=1S/C10H22N2O3S.ClH/c1-9(2)15-6-7-16(13,14)12-5-4-11-10(3)8-12;/h9-11H,4-8H2,1-3H3;1H. The molecule has 0 radical (unpaired) electrons. The SMILES string of the molecule is CC1CN(S(=O)(=O)CCOC(C)C)CCN1.Cl. The maximum atomic E-state index is 11.9. The Bertz CT molecular complexity index is 309. The van der Waals surface area contributed by atoms with Crippen molar-refractivity contribution in [3.63, 3.8) is 0 Å². The van der Waals surface area contributed by atoms with Gasteiger partial charge in [-0.3, -0.25) is 0 Å². The smallest absolute Gasteiger partial charge is 0.216 e. The molecule has 1 heterocycles. The number of ether oxygens (including phenoxy) is 1. The molecule has 17 heavy (non-hydrogen) atoms. The molecule has 5 nitrogen and oxygen atoms in total. The predicted molar refractivity (Wildman–Crippen MR) is 71.2 cm³/mol. The second-order valence-electron chi connectivity index (χ2n) is 4.45. The van der Waals surface area contributed by atoms with E-state index in [0.29, 0.717) is 13.1 Å². The average molecular weight is 287 g/mol. The third-order valence-corrected chi connectivity index (χ3v) is 4.32. The van der Waals surface area contributed by atoms with Crippen LogP contribution in [0.5, 0.6) is 0 Å². The van der Waals surface area contributed by atoms with Crippen LogP contribution in [0.4, 0.5) is 0 Å². The van der Waals surface area contributed by atoms with Gasteiger partial charge in [0.2, 0.25) is 10.0 Å². The number of hydrogen-bond acceptors (Lipinski definition) is 4. The molecule has 0 aromatic rings. The van der Waals surface area contributed by atoms with Crippen LogP contribution in [0.25, 0.3) is 0 Å². The van der Waals surface area contributed by atoms with Crippen molar-refractivity contribution in [1.29, 1.82) is 0 Å². The molecular weight excluding hydrogens is 264 g/mol. The van der Waals surface area contributed by atoms with Gasteiger partial charge in [0.15, 0.2) is 0 Å². The van der Waals surface area contributed by atoms with Crippen molar-refractivity contribution in [3.05, 3.63) is 0 Å². The van der Waals surface area contributed by atoms with Gasteiger partial charge in [-0.1, -0.05) is 0 Å². The molecule has 1 aliphatic heterocycles. The fourth-order valence-electron chi connectivity index (χ4n) is 1.67. The Morgan fingerprint density at radius 2 is 2.12 bits per heavy atom. The molecule has 0 saturated carbocycles. The Morgan fingerprint density at radius 1 is 1.47 bits per heavy atom. The van der Waals surface area contributed by atoms with Gasteiger partial charge in [-0.05, 0) is 20.8 Å². The first kappa shape index (κ1) is 17.1. The van der Waals surface area contributed by atoms with Crippen molar-refractivity contribution < 1.29 is 13.2 Å². The van der Waals surface area contributed by atoms with Gasteiger partial charge >= 0.3 is 0 Å². The lowest BCUT2D eigenvalue weighted by Crippen LogP contribution is -2.52. The van der Waals surface area contributed by atoms with Crippen LogP contribution in [0.3, 0.4) is 0 Å². The van der Waals surface area contributed by atoms with E-state index in [0.717, 1.165) is 6.54 Å². The summed E-state index contributed by atoms with van der Waals surface area (Å²) in [4.78, 5) is 0. The third kappa shape index (κ3) is 6.01. The zero-order valence-corrected chi connectivity index (χ0v) is 12.3. The van der Waals surface area contributed by atoms with Crippen molar-refractivity contribution >= 4 is 22.4 Å². The minimum atomic E-state index is -3.14. The number of nitrogens with zero attached hydrogens (tertiary/aromatic N) is 1. The molecular formula is C10H23ClN2O3S. The van der Waals surface area contributed by atoms with Crippen molar-refractivity contribution in [2.45, 2.75) is 32.9 Å². The van der Waals surface area contributed by atoms with Gasteiger partial charge in [0.1, 0.15) is 0 Å². The highest BCUT2D eigenvalue weighted by Gasteiger charge is 2.26. The lowest BCUT2D eigenvalue weighted by molar-refractivity contribution is 0.0905. The first-order chi connectivity index (χ1) is 7.42. The topological polar surface area (TPSA) is 58.6 Å². The summed E-state index contributed by atoms with van der Waals surface area (Å²) in [6.07, 6.45) is 0.0807. The molecule has 0 bridgehead atoms. The van der Waals surface area contributed by atoms with Gasteiger partial charge in [0, 0.05) is 25.7 Å². The Morgan fingerprint density at radius 3 is 2.65 bits per heavy atom. The van der Waals surface area contributed by atoms with E-state index >= 15 is 0 Å². The summed E-state index contributed by atoms with van der Waals surface area (Å²) in [6, 6.07) is 0.231. The fourth-order valence-corrected chi connectivity index (χ4v) is 3.05. The Labute approximate surface area is 110 Å². The molecule has 1 atom stereocenters. The number of sulfonamides is 1. The molecule has 1 aliphatic rings. The Hall–Kier alpha value is 0.120. The zero-order valence-electron chi connectivity index (χ0n) is 10.7. The highest BCUT2D eigenvalue weighted by atomic mass is 35.5. The van der Waals surface area contributed by atoms with Gasteiger partial charge in [-0.15, -0.1) is 12.4 Å². The molecule has 104 valence electrons. The van der Waals surface area contributed by atoms with E-state index in [1.54, 1.807) is 4.31 Å². The van der Waals surface area contributed by atoms with Crippen molar-refractivity contribution in [1.82, 2.24) is 9.62 Å². The van der Waals surface area contributed by atoms with Crippen LogP contribution in [0.2, 0.25) is 0 Å². The van der Waals surface area contributed by atoms with E-state index in [9.17, 15) is 8.42 Å². The molecule has 0 spiro atoms. The molecule has 0 aromatic heterocycles. The van der Waals surface area contributed by atoms with E-state index in [4.69, 9.17) is 4.74 Å². The minimum Gasteiger partial charge on any atom is -0.378 e. The number of hydrogen-bond donors (Lipinski definition) is 1. The largest absolute Gasteiger partial charge is 0.378 e. The highest BCUT2D eigenvalue weighted by molar-refractivity contribution is 7.89. The molecule has 1 unspecified atom stereocenters. The predicted octanol–water partition coefficient (Wildman–Crippen LogP) is 0.457. The summed E-state index contributed by atoms with van der Waals surface area (Å²) < 4.78 is 30.7. The van der Waals surface area contributed by atoms with Crippen LogP contribution >= 0.6 is 12.4 Å². The average Bonchev–Trinajstić information content (AvgIpc) is 2.16. The van der Waals surface area contributed by atoms with Gasteiger partial charge < -0.3 is 10.1 Å². The summed E-state index contributed by atoms with van der Waals surface area (Å²) in [5.41, 5.74) is 0. The number of piperazine rings is 1. The molecule has 1 rings (SSSR count). The molecule has 1 fully saturated rings. The molecule has 1 saturated heterocycles. The van der Waals surface area contributed by atoms with Crippen LogP contribution in [0.15, 0.2) is 0 Å². The maximum absolute atomic E-state index is 11.9.